The lowest BCUT2D eigenvalue weighted by Crippen LogP contribution is -2.73. The summed E-state index contributed by atoms with van der Waals surface area (Å²) >= 11 is 6.02. The molecular formula is C23H29ClO6. The average molecular weight is 437 g/mol. The zero-order valence-corrected chi connectivity index (χ0v) is 18.5. The van der Waals surface area contributed by atoms with E-state index in [1.165, 1.54) is 6.92 Å². The number of aliphatic hydroxyl groups is 2. The van der Waals surface area contributed by atoms with Crippen molar-refractivity contribution in [1.29, 1.82) is 0 Å². The lowest BCUT2D eigenvalue weighted by molar-refractivity contribution is -0.250. The molecule has 7 heteroatoms. The van der Waals surface area contributed by atoms with Gasteiger partial charge >= 0.3 is 5.97 Å². The average Bonchev–Trinajstić information content (AvgIpc) is 2.97. The highest BCUT2D eigenvalue weighted by Crippen LogP contribution is 2.68. The Morgan fingerprint density at radius 2 is 1.87 bits per heavy atom. The van der Waals surface area contributed by atoms with E-state index in [1.54, 1.807) is 0 Å². The number of hydrogen-bond donors (Lipinski definition) is 4. The second-order valence-electron chi connectivity index (χ2n) is 10.2. The quantitative estimate of drug-likeness (QED) is 0.425. The van der Waals surface area contributed by atoms with Crippen LogP contribution < -0.4 is 0 Å². The van der Waals surface area contributed by atoms with Crippen molar-refractivity contribution in [2.75, 3.05) is 6.61 Å². The molecule has 0 bridgehead atoms. The molecule has 2 fully saturated rings. The summed E-state index contributed by atoms with van der Waals surface area (Å²) in [5, 5.41) is 41.6. The minimum absolute atomic E-state index is 0.0402. The zero-order chi connectivity index (χ0) is 22.2. The Labute approximate surface area is 181 Å². The van der Waals surface area contributed by atoms with Crippen molar-refractivity contribution in [3.63, 3.8) is 0 Å². The highest BCUT2D eigenvalue weighted by atomic mass is 35.5. The van der Waals surface area contributed by atoms with Gasteiger partial charge in [-0.15, -0.1) is 0 Å². The third kappa shape index (κ3) is 2.73. The number of halogens is 1. The summed E-state index contributed by atoms with van der Waals surface area (Å²) in [6.07, 6.45) is 3.55. The molecule has 1 aromatic rings. The highest BCUT2D eigenvalue weighted by molar-refractivity contribution is 6.33. The van der Waals surface area contributed by atoms with Crippen LogP contribution in [-0.2, 0) is 4.74 Å². The fourth-order valence-electron chi connectivity index (χ4n) is 6.31. The van der Waals surface area contributed by atoms with E-state index in [9.17, 15) is 25.2 Å². The van der Waals surface area contributed by atoms with Crippen molar-refractivity contribution in [1.82, 2.24) is 0 Å². The van der Waals surface area contributed by atoms with E-state index in [2.05, 4.69) is 13.8 Å². The van der Waals surface area contributed by atoms with Crippen molar-refractivity contribution in [2.45, 2.75) is 58.7 Å². The largest absolute Gasteiger partial charge is 0.507 e. The van der Waals surface area contributed by atoms with Crippen LogP contribution in [0.2, 0.25) is 5.02 Å². The first-order chi connectivity index (χ1) is 13.9. The van der Waals surface area contributed by atoms with Crippen molar-refractivity contribution in [3.8, 4) is 11.5 Å². The Morgan fingerprint density at radius 3 is 2.50 bits per heavy atom. The van der Waals surface area contributed by atoms with Crippen LogP contribution in [0.3, 0.4) is 0 Å². The maximum absolute atomic E-state index is 12.9. The number of ether oxygens (including phenoxy) is 1. The predicted octanol–water partition coefficient (Wildman–Crippen LogP) is 3.71. The predicted molar refractivity (Wildman–Crippen MR) is 112 cm³/mol. The van der Waals surface area contributed by atoms with Gasteiger partial charge in [0.05, 0.1) is 11.6 Å². The molecule has 5 atom stereocenters. The van der Waals surface area contributed by atoms with Crippen LogP contribution in [0.15, 0.2) is 17.7 Å². The molecule has 6 nitrogen and oxygen atoms in total. The summed E-state index contributed by atoms with van der Waals surface area (Å²) in [5.74, 6) is -1.07. The lowest BCUT2D eigenvalue weighted by Gasteiger charge is -2.65. The van der Waals surface area contributed by atoms with Crippen LogP contribution in [0.4, 0.5) is 0 Å². The Bertz CT molecular complexity index is 954. The zero-order valence-electron chi connectivity index (χ0n) is 17.7. The van der Waals surface area contributed by atoms with Crippen LogP contribution in [0.5, 0.6) is 11.5 Å². The van der Waals surface area contributed by atoms with Gasteiger partial charge in [0.25, 0.3) is 0 Å². The number of aliphatic hydroxyl groups excluding tert-OH is 1. The van der Waals surface area contributed by atoms with E-state index in [4.69, 9.17) is 16.3 Å². The molecule has 0 aliphatic heterocycles. The number of esters is 1. The van der Waals surface area contributed by atoms with Crippen molar-refractivity contribution >= 4 is 17.6 Å². The van der Waals surface area contributed by atoms with Gasteiger partial charge in [-0.25, -0.2) is 4.79 Å². The smallest absolute Gasteiger partial charge is 0.342 e. The highest BCUT2D eigenvalue weighted by Gasteiger charge is 2.72. The summed E-state index contributed by atoms with van der Waals surface area (Å²) in [6, 6.07) is 0.996. The monoisotopic (exact) mass is 436 g/mol. The Hall–Kier alpha value is -1.76. The lowest BCUT2D eigenvalue weighted by atomic mass is 9.44. The third-order valence-corrected chi connectivity index (χ3v) is 8.31. The van der Waals surface area contributed by atoms with Gasteiger partial charge in [-0.2, -0.15) is 0 Å². The number of allylic oxidation sites excluding steroid dienone is 1. The number of phenolic OH excluding ortho intramolecular Hbond substituents is 2. The SMILES string of the molecule is Cc1c(Cl)c(O)cc(O)c1C(=O)OC1CC2(C)C3CC(C)(C)CC3C=C(CO)C12O. The van der Waals surface area contributed by atoms with E-state index in [-0.39, 0.29) is 45.8 Å². The maximum atomic E-state index is 12.9. The molecule has 0 heterocycles. The molecule has 5 unspecified atom stereocenters. The van der Waals surface area contributed by atoms with Gasteiger partial charge in [-0.3, -0.25) is 0 Å². The second kappa shape index (κ2) is 6.62. The van der Waals surface area contributed by atoms with Gasteiger partial charge in [0.15, 0.2) is 0 Å². The number of hydrogen-bond acceptors (Lipinski definition) is 6. The molecule has 3 aliphatic rings. The van der Waals surface area contributed by atoms with Gasteiger partial charge in [-0.05, 0) is 54.6 Å². The molecule has 0 aromatic heterocycles. The Balaban J connectivity index is 1.66. The van der Waals surface area contributed by atoms with Crippen LogP contribution in [-0.4, -0.2) is 44.7 Å². The summed E-state index contributed by atoms with van der Waals surface area (Å²) in [6.45, 7) is 7.65. The van der Waals surface area contributed by atoms with Crippen LogP contribution in [0.1, 0.15) is 56.0 Å². The number of carbonyl (C=O) groups excluding carboxylic acids is 1. The van der Waals surface area contributed by atoms with Crippen LogP contribution in [0.25, 0.3) is 0 Å². The summed E-state index contributed by atoms with van der Waals surface area (Å²) in [4.78, 5) is 12.9. The van der Waals surface area contributed by atoms with Gasteiger partial charge < -0.3 is 25.2 Å². The van der Waals surface area contributed by atoms with Crippen LogP contribution >= 0.6 is 11.6 Å². The van der Waals surface area contributed by atoms with Gasteiger partial charge in [-0.1, -0.05) is 38.4 Å². The topological polar surface area (TPSA) is 107 Å². The number of carbonyl (C=O) groups is 1. The molecule has 164 valence electrons. The van der Waals surface area contributed by atoms with Gasteiger partial charge in [0.1, 0.15) is 28.8 Å². The summed E-state index contributed by atoms with van der Waals surface area (Å²) < 4.78 is 5.66. The molecule has 2 saturated carbocycles. The minimum atomic E-state index is -1.46. The van der Waals surface area contributed by atoms with E-state index < -0.39 is 28.8 Å². The Kier molecular flexibility index (Phi) is 4.74. The van der Waals surface area contributed by atoms with Gasteiger partial charge in [0, 0.05) is 11.5 Å². The maximum Gasteiger partial charge on any atom is 0.342 e. The normalized spacial score (nSPS) is 36.4. The van der Waals surface area contributed by atoms with E-state index >= 15 is 0 Å². The molecule has 3 aliphatic carbocycles. The minimum Gasteiger partial charge on any atom is -0.507 e. The number of aromatic hydroxyl groups is 2. The molecule has 30 heavy (non-hydrogen) atoms. The first kappa shape index (κ1) is 21.5. The number of rotatable bonds is 3. The first-order valence-electron chi connectivity index (χ1n) is 10.3. The molecule has 4 rings (SSSR count). The molecule has 0 saturated heterocycles. The molecular weight excluding hydrogens is 408 g/mol. The first-order valence-corrected chi connectivity index (χ1v) is 10.7. The van der Waals surface area contributed by atoms with Crippen molar-refractivity contribution < 1.29 is 30.0 Å². The molecule has 0 spiro atoms. The molecule has 0 radical (unpaired) electrons. The van der Waals surface area contributed by atoms with E-state index in [1.807, 2.05) is 13.0 Å². The van der Waals surface area contributed by atoms with Crippen molar-refractivity contribution in [3.05, 3.63) is 33.9 Å². The summed E-state index contributed by atoms with van der Waals surface area (Å²) in [7, 11) is 0. The second-order valence-corrected chi connectivity index (χ2v) is 10.6. The standard InChI is InChI=1S/C23H29ClO6/c1-11-18(15(26)6-16(27)19(11)24)20(28)30-17-9-22(4)14-8-21(2,3)7-12(14)5-13(10-25)23(17,22)29/h5-6,12,14,17,25-27,29H,7-10H2,1-4H3. The van der Waals surface area contributed by atoms with Crippen LogP contribution in [0, 0.1) is 29.6 Å². The fraction of sp³-hybridized carbons (Fsp3) is 0.609. The number of benzene rings is 1. The fourth-order valence-corrected chi connectivity index (χ4v) is 6.46. The van der Waals surface area contributed by atoms with Crippen molar-refractivity contribution in [2.24, 2.45) is 22.7 Å². The number of fused-ring (bicyclic) bond motifs is 3. The summed E-state index contributed by atoms with van der Waals surface area (Å²) in [5.41, 5.74) is -1.25. The van der Waals surface area contributed by atoms with Gasteiger partial charge in [0.2, 0.25) is 0 Å². The van der Waals surface area contributed by atoms with E-state index in [0.29, 0.717) is 12.0 Å². The molecule has 0 amide bonds. The third-order valence-electron chi connectivity index (χ3n) is 7.83. The molecule has 4 N–H and O–H groups in total. The number of phenols is 2. The molecule has 1 aromatic carbocycles. The van der Waals surface area contributed by atoms with E-state index in [0.717, 1.165) is 18.9 Å². The Morgan fingerprint density at radius 1 is 1.20 bits per heavy atom.